The van der Waals surface area contributed by atoms with Crippen LogP contribution in [0.4, 0.5) is 5.82 Å². The highest BCUT2D eigenvalue weighted by atomic mass is 16.5. The fraction of sp³-hybridized carbons (Fsp3) is 0.538. The van der Waals surface area contributed by atoms with Crippen LogP contribution >= 0.6 is 0 Å². The minimum absolute atomic E-state index is 0.339. The summed E-state index contributed by atoms with van der Waals surface area (Å²) in [6, 6.07) is 3.63. The second-order valence-corrected chi connectivity index (χ2v) is 4.76. The summed E-state index contributed by atoms with van der Waals surface area (Å²) >= 11 is 0. The number of methoxy groups -OCH3 is 1. The number of hydrogen-bond acceptors (Lipinski definition) is 5. The molecule has 0 N–H and O–H groups in total. The maximum absolute atomic E-state index is 11.3. The van der Waals surface area contributed by atoms with Gasteiger partial charge in [0.25, 0.3) is 0 Å². The second kappa shape index (κ2) is 4.57. The number of carbonyl (C=O) groups is 1. The van der Waals surface area contributed by atoms with Crippen LogP contribution in [0.1, 0.15) is 23.2 Å². The van der Waals surface area contributed by atoms with E-state index >= 15 is 0 Å². The van der Waals surface area contributed by atoms with E-state index in [1.54, 1.807) is 12.3 Å². The summed E-state index contributed by atoms with van der Waals surface area (Å²) in [6.07, 6.45) is 4.53. The van der Waals surface area contributed by atoms with Gasteiger partial charge >= 0.3 is 5.97 Å². The van der Waals surface area contributed by atoms with E-state index in [1.165, 1.54) is 7.11 Å². The van der Waals surface area contributed by atoms with Crippen LogP contribution in [0.3, 0.4) is 0 Å². The van der Waals surface area contributed by atoms with E-state index in [4.69, 9.17) is 4.74 Å². The third kappa shape index (κ3) is 2.06. The molecule has 96 valence electrons. The first-order valence-electron chi connectivity index (χ1n) is 6.21. The second-order valence-electron chi connectivity index (χ2n) is 4.76. The molecular weight excluding hydrogens is 232 g/mol. The van der Waals surface area contributed by atoms with E-state index in [-0.39, 0.29) is 5.97 Å². The summed E-state index contributed by atoms with van der Waals surface area (Å²) < 4.78 is 10.4. The summed E-state index contributed by atoms with van der Waals surface area (Å²) in [4.78, 5) is 17.9. The Morgan fingerprint density at radius 3 is 2.67 bits per heavy atom. The lowest BCUT2D eigenvalue weighted by molar-refractivity contribution is 0.0302. The van der Waals surface area contributed by atoms with Crippen LogP contribution in [0.5, 0.6) is 0 Å². The first-order chi connectivity index (χ1) is 8.76. The van der Waals surface area contributed by atoms with Crippen LogP contribution in [-0.2, 0) is 9.47 Å². The molecule has 0 spiro atoms. The molecule has 2 bridgehead atoms. The number of nitrogens with zero attached hydrogens (tertiary/aromatic N) is 2. The third-order valence-electron chi connectivity index (χ3n) is 3.54. The zero-order valence-electron chi connectivity index (χ0n) is 10.3. The smallest absolute Gasteiger partial charge is 0.339 e. The van der Waals surface area contributed by atoms with Crippen LogP contribution in [0.25, 0.3) is 0 Å². The fourth-order valence-electron chi connectivity index (χ4n) is 2.61. The molecule has 1 aromatic rings. The first kappa shape index (κ1) is 11.5. The zero-order chi connectivity index (χ0) is 12.5. The molecule has 0 radical (unpaired) electrons. The number of ether oxygens (including phenoxy) is 2. The average molecular weight is 248 g/mol. The van der Waals surface area contributed by atoms with Gasteiger partial charge in [0.1, 0.15) is 5.82 Å². The standard InChI is InChI=1S/C13H16N2O3/c1-17-13(16)9-2-5-12(14-6-9)15-7-10-3-4-11(8-15)18-10/h2,5-6,10-11H,3-4,7-8H2,1H3. The number of fused-ring (bicyclic) bond motifs is 2. The SMILES string of the molecule is COC(=O)c1ccc(N2CC3CCC(C2)O3)nc1. The maximum atomic E-state index is 11.3. The largest absolute Gasteiger partial charge is 0.465 e. The number of pyridine rings is 1. The molecule has 2 aliphatic heterocycles. The lowest BCUT2D eigenvalue weighted by Crippen LogP contribution is -2.43. The Kier molecular flexibility index (Phi) is 2.91. The highest BCUT2D eigenvalue weighted by Crippen LogP contribution is 2.28. The molecule has 18 heavy (non-hydrogen) atoms. The molecule has 2 fully saturated rings. The molecule has 0 aliphatic carbocycles. The van der Waals surface area contributed by atoms with Crippen molar-refractivity contribution in [2.24, 2.45) is 0 Å². The number of aromatic nitrogens is 1. The Bertz CT molecular complexity index is 434. The Labute approximate surface area is 106 Å². The van der Waals surface area contributed by atoms with Crippen LogP contribution < -0.4 is 4.90 Å². The lowest BCUT2D eigenvalue weighted by atomic mass is 10.2. The van der Waals surface area contributed by atoms with E-state index in [0.717, 1.165) is 31.7 Å². The normalized spacial score (nSPS) is 26.2. The van der Waals surface area contributed by atoms with Crippen molar-refractivity contribution in [1.82, 2.24) is 4.98 Å². The highest BCUT2D eigenvalue weighted by Gasteiger charge is 2.34. The fourth-order valence-corrected chi connectivity index (χ4v) is 2.61. The number of esters is 1. The van der Waals surface area contributed by atoms with Crippen molar-refractivity contribution in [3.63, 3.8) is 0 Å². The molecule has 5 nitrogen and oxygen atoms in total. The van der Waals surface area contributed by atoms with Gasteiger partial charge in [-0.2, -0.15) is 0 Å². The van der Waals surface area contributed by atoms with Crippen molar-refractivity contribution in [3.05, 3.63) is 23.9 Å². The van der Waals surface area contributed by atoms with Gasteiger partial charge in [-0.1, -0.05) is 0 Å². The van der Waals surface area contributed by atoms with Gasteiger partial charge in [-0.25, -0.2) is 9.78 Å². The van der Waals surface area contributed by atoms with E-state index in [2.05, 4.69) is 14.6 Å². The Morgan fingerprint density at radius 1 is 1.39 bits per heavy atom. The third-order valence-corrected chi connectivity index (χ3v) is 3.54. The number of carbonyl (C=O) groups excluding carboxylic acids is 1. The van der Waals surface area contributed by atoms with Crippen molar-refractivity contribution >= 4 is 11.8 Å². The van der Waals surface area contributed by atoms with Crippen LogP contribution in [0.15, 0.2) is 18.3 Å². The molecule has 3 rings (SSSR count). The number of morpholine rings is 1. The Morgan fingerprint density at radius 2 is 2.11 bits per heavy atom. The topological polar surface area (TPSA) is 51.7 Å². The molecule has 0 aromatic carbocycles. The van der Waals surface area contributed by atoms with Gasteiger partial charge in [0, 0.05) is 19.3 Å². The van der Waals surface area contributed by atoms with Gasteiger partial charge in [-0.3, -0.25) is 0 Å². The van der Waals surface area contributed by atoms with Gasteiger partial charge in [-0.15, -0.1) is 0 Å². The van der Waals surface area contributed by atoms with E-state index in [9.17, 15) is 4.79 Å². The van der Waals surface area contributed by atoms with Gasteiger partial charge in [0.15, 0.2) is 0 Å². The molecule has 2 saturated heterocycles. The average Bonchev–Trinajstić information content (AvgIpc) is 2.77. The maximum Gasteiger partial charge on any atom is 0.339 e. The Hall–Kier alpha value is -1.62. The molecule has 3 heterocycles. The molecular formula is C13H16N2O3. The van der Waals surface area contributed by atoms with Gasteiger partial charge in [0.2, 0.25) is 0 Å². The summed E-state index contributed by atoms with van der Waals surface area (Å²) in [5, 5.41) is 0. The van der Waals surface area contributed by atoms with Gasteiger partial charge < -0.3 is 14.4 Å². The predicted molar refractivity (Wildman–Crippen MR) is 65.7 cm³/mol. The molecule has 2 atom stereocenters. The van der Waals surface area contributed by atoms with E-state index in [0.29, 0.717) is 17.8 Å². The highest BCUT2D eigenvalue weighted by molar-refractivity contribution is 5.89. The number of hydrogen-bond donors (Lipinski definition) is 0. The quantitative estimate of drug-likeness (QED) is 0.737. The Balaban J connectivity index is 1.75. The van der Waals surface area contributed by atoms with Crippen LogP contribution in [0, 0.1) is 0 Å². The molecule has 0 saturated carbocycles. The molecule has 0 amide bonds. The molecule has 2 unspecified atom stereocenters. The van der Waals surface area contributed by atoms with Gasteiger partial charge in [0.05, 0.1) is 24.9 Å². The summed E-state index contributed by atoms with van der Waals surface area (Å²) in [5.41, 5.74) is 0.484. The van der Waals surface area contributed by atoms with Crippen LogP contribution in [0.2, 0.25) is 0 Å². The first-order valence-corrected chi connectivity index (χ1v) is 6.21. The monoisotopic (exact) mass is 248 g/mol. The minimum Gasteiger partial charge on any atom is -0.465 e. The zero-order valence-corrected chi connectivity index (χ0v) is 10.3. The van der Waals surface area contributed by atoms with E-state index < -0.39 is 0 Å². The van der Waals surface area contributed by atoms with Crippen molar-refractivity contribution < 1.29 is 14.3 Å². The number of anilines is 1. The van der Waals surface area contributed by atoms with Crippen molar-refractivity contribution in [2.75, 3.05) is 25.1 Å². The van der Waals surface area contributed by atoms with Crippen molar-refractivity contribution in [3.8, 4) is 0 Å². The minimum atomic E-state index is -0.351. The van der Waals surface area contributed by atoms with E-state index in [1.807, 2.05) is 6.07 Å². The molecule has 2 aliphatic rings. The van der Waals surface area contributed by atoms with Crippen molar-refractivity contribution in [1.29, 1.82) is 0 Å². The number of rotatable bonds is 2. The predicted octanol–water partition coefficient (Wildman–Crippen LogP) is 1.24. The summed E-state index contributed by atoms with van der Waals surface area (Å²) in [6.45, 7) is 1.78. The van der Waals surface area contributed by atoms with Crippen LogP contribution in [-0.4, -0.2) is 43.4 Å². The summed E-state index contributed by atoms with van der Waals surface area (Å²) in [5.74, 6) is 0.555. The summed E-state index contributed by atoms with van der Waals surface area (Å²) in [7, 11) is 1.37. The van der Waals surface area contributed by atoms with Crippen molar-refractivity contribution in [2.45, 2.75) is 25.0 Å². The molecule has 1 aromatic heterocycles. The van der Waals surface area contributed by atoms with Gasteiger partial charge in [-0.05, 0) is 25.0 Å². The molecule has 5 heteroatoms. The lowest BCUT2D eigenvalue weighted by Gasteiger charge is -2.32.